The van der Waals surface area contributed by atoms with Gasteiger partial charge in [0.25, 0.3) is 0 Å². The molecule has 2 fully saturated rings. The number of nitrogens with one attached hydrogen (secondary N) is 1. The van der Waals surface area contributed by atoms with Crippen LogP contribution in [0.15, 0.2) is 0 Å². The molecule has 3 atom stereocenters. The van der Waals surface area contributed by atoms with Crippen LogP contribution in [0.2, 0.25) is 0 Å². The Balaban J connectivity index is 2.02. The van der Waals surface area contributed by atoms with E-state index in [4.69, 9.17) is 0 Å². The Bertz CT molecular complexity index is 161. The standard InChI is InChI=1S/C10H19NS/c1-8-6-11-10(12-7-8)5-3-4-9(10)2/h8-9,11H,3-7H2,1-2H3. The summed E-state index contributed by atoms with van der Waals surface area (Å²) in [6.45, 7) is 5.98. The minimum absolute atomic E-state index is 0.479. The molecule has 0 aromatic carbocycles. The van der Waals surface area contributed by atoms with Crippen LogP contribution in [0, 0.1) is 11.8 Å². The highest BCUT2D eigenvalue weighted by Gasteiger charge is 2.42. The fraction of sp³-hybridized carbons (Fsp3) is 1.00. The van der Waals surface area contributed by atoms with E-state index in [0.29, 0.717) is 4.87 Å². The first-order valence-electron chi connectivity index (χ1n) is 5.12. The summed E-state index contributed by atoms with van der Waals surface area (Å²) in [5.74, 6) is 3.11. The van der Waals surface area contributed by atoms with Crippen molar-refractivity contribution in [2.45, 2.75) is 38.0 Å². The molecule has 70 valence electrons. The molecule has 3 unspecified atom stereocenters. The van der Waals surface area contributed by atoms with E-state index in [1.54, 1.807) is 0 Å². The molecule has 2 aliphatic rings. The number of hydrogen-bond acceptors (Lipinski definition) is 2. The lowest BCUT2D eigenvalue weighted by Crippen LogP contribution is -2.50. The predicted octanol–water partition coefficient (Wildman–Crippen LogP) is 2.48. The Morgan fingerprint density at radius 1 is 1.42 bits per heavy atom. The molecule has 2 heteroatoms. The van der Waals surface area contributed by atoms with Crippen LogP contribution in [-0.4, -0.2) is 17.2 Å². The van der Waals surface area contributed by atoms with E-state index in [-0.39, 0.29) is 0 Å². The molecule has 12 heavy (non-hydrogen) atoms. The predicted molar refractivity (Wildman–Crippen MR) is 55.4 cm³/mol. The maximum Gasteiger partial charge on any atom is 0.0671 e. The molecule has 1 N–H and O–H groups in total. The maximum absolute atomic E-state index is 3.76. The second-order valence-corrected chi connectivity index (χ2v) is 5.83. The molecule has 0 bridgehead atoms. The smallest absolute Gasteiger partial charge is 0.0671 e. The van der Waals surface area contributed by atoms with Gasteiger partial charge in [-0.25, -0.2) is 0 Å². The first kappa shape index (κ1) is 8.89. The Kier molecular flexibility index (Phi) is 2.39. The Labute approximate surface area is 79.7 Å². The fourth-order valence-corrected chi connectivity index (χ4v) is 3.95. The molecular weight excluding hydrogens is 166 g/mol. The van der Waals surface area contributed by atoms with Crippen molar-refractivity contribution < 1.29 is 0 Å². The van der Waals surface area contributed by atoms with E-state index in [9.17, 15) is 0 Å². The fourth-order valence-electron chi connectivity index (χ4n) is 2.38. The first-order chi connectivity index (χ1) is 5.73. The van der Waals surface area contributed by atoms with Crippen molar-refractivity contribution in [3.8, 4) is 0 Å². The van der Waals surface area contributed by atoms with Crippen molar-refractivity contribution in [3.05, 3.63) is 0 Å². The quantitative estimate of drug-likeness (QED) is 0.622. The van der Waals surface area contributed by atoms with Crippen LogP contribution in [0.5, 0.6) is 0 Å². The van der Waals surface area contributed by atoms with Gasteiger partial charge in [-0.3, -0.25) is 0 Å². The van der Waals surface area contributed by atoms with E-state index in [0.717, 1.165) is 11.8 Å². The van der Waals surface area contributed by atoms with E-state index >= 15 is 0 Å². The van der Waals surface area contributed by atoms with Gasteiger partial charge in [0.15, 0.2) is 0 Å². The SMILES string of the molecule is CC1CNC2(CCCC2C)SC1. The van der Waals surface area contributed by atoms with E-state index in [1.165, 1.54) is 31.6 Å². The highest BCUT2D eigenvalue weighted by atomic mass is 32.2. The first-order valence-corrected chi connectivity index (χ1v) is 6.10. The lowest BCUT2D eigenvalue weighted by molar-refractivity contribution is 0.348. The second kappa shape index (κ2) is 3.22. The number of thioether (sulfide) groups is 1. The molecule has 0 amide bonds. The highest BCUT2D eigenvalue weighted by molar-refractivity contribution is 8.00. The molecule has 0 radical (unpaired) electrons. The minimum Gasteiger partial charge on any atom is -0.302 e. The summed E-state index contributed by atoms with van der Waals surface area (Å²) < 4.78 is 0. The average molecular weight is 185 g/mol. The van der Waals surface area contributed by atoms with Crippen LogP contribution >= 0.6 is 11.8 Å². The van der Waals surface area contributed by atoms with Crippen molar-refractivity contribution in [1.82, 2.24) is 5.32 Å². The molecule has 2 rings (SSSR count). The summed E-state index contributed by atoms with van der Waals surface area (Å²) in [6, 6.07) is 0. The third kappa shape index (κ3) is 1.39. The molecule has 1 heterocycles. The monoisotopic (exact) mass is 185 g/mol. The zero-order valence-corrected chi connectivity index (χ0v) is 8.91. The Hall–Kier alpha value is 0.310. The van der Waals surface area contributed by atoms with Gasteiger partial charge in [0.1, 0.15) is 0 Å². The van der Waals surface area contributed by atoms with Gasteiger partial charge in [-0.2, -0.15) is 0 Å². The van der Waals surface area contributed by atoms with Crippen LogP contribution in [-0.2, 0) is 0 Å². The van der Waals surface area contributed by atoms with Gasteiger partial charge in [-0.15, -0.1) is 11.8 Å². The summed E-state index contributed by atoms with van der Waals surface area (Å²) in [5, 5.41) is 3.76. The molecule has 1 nitrogen and oxygen atoms in total. The molecule has 0 aromatic heterocycles. The summed E-state index contributed by atoms with van der Waals surface area (Å²) >= 11 is 2.18. The molecule has 1 aliphatic carbocycles. The molecule has 1 saturated carbocycles. The van der Waals surface area contributed by atoms with Gasteiger partial charge < -0.3 is 5.32 Å². The van der Waals surface area contributed by atoms with Gasteiger partial charge in [0.2, 0.25) is 0 Å². The van der Waals surface area contributed by atoms with Gasteiger partial charge in [0, 0.05) is 0 Å². The van der Waals surface area contributed by atoms with Crippen LogP contribution in [0.25, 0.3) is 0 Å². The topological polar surface area (TPSA) is 12.0 Å². The summed E-state index contributed by atoms with van der Waals surface area (Å²) in [6.07, 6.45) is 4.25. The highest BCUT2D eigenvalue weighted by Crippen LogP contribution is 2.46. The summed E-state index contributed by atoms with van der Waals surface area (Å²) in [5.41, 5.74) is 0. The summed E-state index contributed by atoms with van der Waals surface area (Å²) in [7, 11) is 0. The summed E-state index contributed by atoms with van der Waals surface area (Å²) in [4.78, 5) is 0.479. The van der Waals surface area contributed by atoms with Crippen LogP contribution in [0.3, 0.4) is 0 Å². The maximum atomic E-state index is 3.76. The lowest BCUT2D eigenvalue weighted by Gasteiger charge is -2.40. The normalized spacial score (nSPS) is 48.5. The van der Waals surface area contributed by atoms with E-state index in [2.05, 4.69) is 30.9 Å². The van der Waals surface area contributed by atoms with Crippen molar-refractivity contribution in [2.75, 3.05) is 12.3 Å². The van der Waals surface area contributed by atoms with Crippen LogP contribution < -0.4 is 5.32 Å². The third-order valence-corrected chi connectivity index (χ3v) is 5.36. The van der Waals surface area contributed by atoms with Crippen molar-refractivity contribution in [2.24, 2.45) is 11.8 Å². The molecule has 1 spiro atoms. The van der Waals surface area contributed by atoms with Gasteiger partial charge in [-0.05, 0) is 37.0 Å². The minimum atomic E-state index is 0.479. The Morgan fingerprint density at radius 2 is 2.25 bits per heavy atom. The van der Waals surface area contributed by atoms with E-state index in [1.807, 2.05) is 0 Å². The van der Waals surface area contributed by atoms with Gasteiger partial charge >= 0.3 is 0 Å². The Morgan fingerprint density at radius 3 is 2.75 bits per heavy atom. The van der Waals surface area contributed by atoms with Crippen molar-refractivity contribution in [1.29, 1.82) is 0 Å². The van der Waals surface area contributed by atoms with Crippen molar-refractivity contribution in [3.63, 3.8) is 0 Å². The number of hydrogen-bond donors (Lipinski definition) is 1. The van der Waals surface area contributed by atoms with E-state index < -0.39 is 0 Å². The third-order valence-electron chi connectivity index (χ3n) is 3.36. The molecule has 1 aliphatic heterocycles. The molecular formula is C10H19NS. The zero-order valence-electron chi connectivity index (χ0n) is 8.10. The largest absolute Gasteiger partial charge is 0.302 e. The average Bonchev–Trinajstić information content (AvgIpc) is 2.41. The number of rotatable bonds is 0. The lowest BCUT2D eigenvalue weighted by atomic mass is 10.0. The van der Waals surface area contributed by atoms with Crippen LogP contribution in [0.1, 0.15) is 33.1 Å². The van der Waals surface area contributed by atoms with Crippen LogP contribution in [0.4, 0.5) is 0 Å². The molecule has 1 saturated heterocycles. The van der Waals surface area contributed by atoms with Gasteiger partial charge in [0.05, 0.1) is 4.87 Å². The molecule has 0 aromatic rings. The van der Waals surface area contributed by atoms with Crippen molar-refractivity contribution >= 4 is 11.8 Å². The second-order valence-electron chi connectivity index (χ2n) is 4.48. The zero-order chi connectivity index (χ0) is 8.60. The van der Waals surface area contributed by atoms with Gasteiger partial charge in [-0.1, -0.05) is 20.3 Å².